The predicted molar refractivity (Wildman–Crippen MR) is 87.1 cm³/mol. The number of aromatic carboxylic acids is 1. The van der Waals surface area contributed by atoms with E-state index in [9.17, 15) is 14.7 Å². The van der Waals surface area contributed by atoms with Gasteiger partial charge in [0.15, 0.2) is 0 Å². The van der Waals surface area contributed by atoms with Crippen LogP contribution in [-0.4, -0.2) is 28.2 Å². The molecule has 122 valence electrons. The van der Waals surface area contributed by atoms with Gasteiger partial charge in [-0.15, -0.1) is 0 Å². The lowest BCUT2D eigenvalue weighted by molar-refractivity contribution is 0.0513. The number of benzene rings is 1. The number of carbonyl (C=O) groups is 2. The molecule has 1 N–H and O–H groups in total. The van der Waals surface area contributed by atoms with Crippen molar-refractivity contribution in [2.45, 2.75) is 34.2 Å². The number of carboxylic acid groups (broad SMARTS) is 1. The summed E-state index contributed by atoms with van der Waals surface area (Å²) in [7, 11) is 0. The SMILES string of the molecule is CCOC(=O)c1c(C)c(C(=O)O)c(C)n1Cc1ccccc1C. The van der Waals surface area contributed by atoms with Crippen molar-refractivity contribution in [1.82, 2.24) is 4.57 Å². The van der Waals surface area contributed by atoms with Crippen molar-refractivity contribution in [2.24, 2.45) is 0 Å². The van der Waals surface area contributed by atoms with Crippen molar-refractivity contribution in [2.75, 3.05) is 6.61 Å². The molecule has 23 heavy (non-hydrogen) atoms. The molecule has 0 unspecified atom stereocenters. The number of hydrogen-bond donors (Lipinski definition) is 1. The Morgan fingerprint density at radius 3 is 2.39 bits per heavy atom. The van der Waals surface area contributed by atoms with Gasteiger partial charge in [0.25, 0.3) is 0 Å². The molecule has 5 heteroatoms. The standard InChI is InChI=1S/C18H21NO4/c1-5-23-18(22)16-12(3)15(17(20)21)13(4)19(16)10-14-9-7-6-8-11(14)2/h6-9H,5,10H2,1-4H3,(H,20,21). The minimum Gasteiger partial charge on any atom is -0.478 e. The molecule has 1 aromatic heterocycles. The van der Waals surface area contributed by atoms with E-state index in [0.717, 1.165) is 11.1 Å². The molecule has 0 radical (unpaired) electrons. The van der Waals surface area contributed by atoms with Crippen molar-refractivity contribution in [3.63, 3.8) is 0 Å². The number of aryl methyl sites for hydroxylation is 1. The Hall–Kier alpha value is -2.56. The van der Waals surface area contributed by atoms with Crippen LogP contribution in [0, 0.1) is 20.8 Å². The van der Waals surface area contributed by atoms with Gasteiger partial charge in [0.05, 0.1) is 12.2 Å². The molecule has 0 fully saturated rings. The van der Waals surface area contributed by atoms with Crippen molar-refractivity contribution in [3.05, 3.63) is 57.9 Å². The average molecular weight is 315 g/mol. The fourth-order valence-electron chi connectivity index (χ4n) is 2.83. The fourth-order valence-corrected chi connectivity index (χ4v) is 2.83. The molecule has 0 aliphatic rings. The van der Waals surface area contributed by atoms with Gasteiger partial charge in [0, 0.05) is 12.2 Å². The molecule has 1 heterocycles. The number of hydrogen-bond acceptors (Lipinski definition) is 3. The van der Waals surface area contributed by atoms with Gasteiger partial charge in [0.1, 0.15) is 5.69 Å². The zero-order valence-corrected chi connectivity index (χ0v) is 13.8. The Bertz CT molecular complexity index is 759. The normalized spacial score (nSPS) is 10.6. The maximum absolute atomic E-state index is 12.3. The molecule has 0 bridgehead atoms. The lowest BCUT2D eigenvalue weighted by Gasteiger charge is -2.13. The first-order valence-electron chi connectivity index (χ1n) is 7.53. The largest absolute Gasteiger partial charge is 0.478 e. The van der Waals surface area contributed by atoms with Crippen molar-refractivity contribution in [1.29, 1.82) is 0 Å². The number of carboxylic acids is 1. The number of rotatable bonds is 5. The average Bonchev–Trinajstić information content (AvgIpc) is 2.72. The maximum Gasteiger partial charge on any atom is 0.355 e. The Morgan fingerprint density at radius 2 is 1.83 bits per heavy atom. The van der Waals surface area contributed by atoms with Gasteiger partial charge >= 0.3 is 11.9 Å². The second kappa shape index (κ2) is 6.69. The van der Waals surface area contributed by atoms with Crippen LogP contribution in [0.15, 0.2) is 24.3 Å². The third-order valence-electron chi connectivity index (χ3n) is 4.04. The molecule has 2 rings (SSSR count). The van der Waals surface area contributed by atoms with Gasteiger partial charge < -0.3 is 14.4 Å². The van der Waals surface area contributed by atoms with Crippen LogP contribution in [-0.2, 0) is 11.3 Å². The van der Waals surface area contributed by atoms with E-state index < -0.39 is 11.9 Å². The van der Waals surface area contributed by atoms with Crippen molar-refractivity contribution >= 4 is 11.9 Å². The van der Waals surface area contributed by atoms with E-state index in [2.05, 4.69) is 0 Å². The van der Waals surface area contributed by atoms with E-state index >= 15 is 0 Å². The highest BCUT2D eigenvalue weighted by Crippen LogP contribution is 2.25. The van der Waals surface area contributed by atoms with Gasteiger partial charge in [-0.3, -0.25) is 0 Å². The third kappa shape index (κ3) is 3.13. The summed E-state index contributed by atoms with van der Waals surface area (Å²) < 4.78 is 6.85. The van der Waals surface area contributed by atoms with E-state index in [4.69, 9.17) is 4.74 Å². The first-order chi connectivity index (χ1) is 10.9. The summed E-state index contributed by atoms with van der Waals surface area (Å²) in [5, 5.41) is 9.45. The van der Waals surface area contributed by atoms with Crippen LogP contribution < -0.4 is 0 Å². The number of nitrogens with zero attached hydrogens (tertiary/aromatic N) is 1. The molecular formula is C18H21NO4. The third-order valence-corrected chi connectivity index (χ3v) is 4.04. The first-order valence-corrected chi connectivity index (χ1v) is 7.53. The van der Waals surface area contributed by atoms with Gasteiger partial charge in [-0.05, 0) is 44.4 Å². The summed E-state index contributed by atoms with van der Waals surface area (Å²) >= 11 is 0. The van der Waals surface area contributed by atoms with Crippen molar-refractivity contribution in [3.8, 4) is 0 Å². The number of carbonyl (C=O) groups excluding carboxylic acids is 1. The molecule has 0 aliphatic heterocycles. The monoisotopic (exact) mass is 315 g/mol. The molecule has 5 nitrogen and oxygen atoms in total. The Morgan fingerprint density at radius 1 is 1.17 bits per heavy atom. The molecule has 0 saturated carbocycles. The Labute approximate surface area is 135 Å². The highest BCUT2D eigenvalue weighted by Gasteiger charge is 2.27. The fraction of sp³-hybridized carbons (Fsp3) is 0.333. The Balaban J connectivity index is 2.61. The lowest BCUT2D eigenvalue weighted by atomic mass is 10.1. The molecule has 2 aromatic rings. The maximum atomic E-state index is 12.3. The minimum atomic E-state index is -1.03. The number of esters is 1. The summed E-state index contributed by atoms with van der Waals surface area (Å²) in [4.78, 5) is 23.9. The van der Waals surface area contributed by atoms with Crippen LogP contribution in [0.25, 0.3) is 0 Å². The molecule has 1 aromatic carbocycles. The summed E-state index contributed by atoms with van der Waals surface area (Å²) in [6.07, 6.45) is 0. The molecule has 0 atom stereocenters. The van der Waals surface area contributed by atoms with Crippen LogP contribution >= 0.6 is 0 Å². The van der Waals surface area contributed by atoms with Crippen LogP contribution in [0.4, 0.5) is 0 Å². The van der Waals surface area contributed by atoms with Crippen molar-refractivity contribution < 1.29 is 19.4 Å². The lowest BCUT2D eigenvalue weighted by Crippen LogP contribution is -2.15. The molecular weight excluding hydrogens is 294 g/mol. The van der Waals surface area contributed by atoms with E-state index in [1.807, 2.05) is 31.2 Å². The highest BCUT2D eigenvalue weighted by molar-refractivity contribution is 5.98. The summed E-state index contributed by atoms with van der Waals surface area (Å²) in [5.74, 6) is -1.52. The van der Waals surface area contributed by atoms with Gasteiger partial charge in [-0.2, -0.15) is 0 Å². The zero-order valence-electron chi connectivity index (χ0n) is 13.8. The summed E-state index contributed by atoms with van der Waals surface area (Å²) in [6, 6.07) is 7.83. The second-order valence-corrected chi connectivity index (χ2v) is 5.47. The van der Waals surface area contributed by atoms with E-state index in [1.165, 1.54) is 0 Å². The van der Waals surface area contributed by atoms with Gasteiger partial charge in [-0.25, -0.2) is 9.59 Å². The molecule has 0 aliphatic carbocycles. The van der Waals surface area contributed by atoms with E-state index in [1.54, 1.807) is 25.3 Å². The van der Waals surface area contributed by atoms with Crippen LogP contribution in [0.1, 0.15) is 50.2 Å². The molecule has 0 amide bonds. The zero-order chi connectivity index (χ0) is 17.1. The summed E-state index contributed by atoms with van der Waals surface area (Å²) in [6.45, 7) is 7.76. The molecule has 0 spiro atoms. The van der Waals surface area contributed by atoms with Gasteiger partial charge in [0.2, 0.25) is 0 Å². The second-order valence-electron chi connectivity index (χ2n) is 5.47. The number of ether oxygens (including phenoxy) is 1. The van der Waals surface area contributed by atoms with Crippen LogP contribution in [0.5, 0.6) is 0 Å². The predicted octanol–water partition coefficient (Wildman–Crippen LogP) is 3.34. The number of aromatic nitrogens is 1. The van der Waals surface area contributed by atoms with Crippen LogP contribution in [0.3, 0.4) is 0 Å². The minimum absolute atomic E-state index is 0.168. The first kappa shape index (κ1) is 16.8. The highest BCUT2D eigenvalue weighted by atomic mass is 16.5. The molecule has 0 saturated heterocycles. The van der Waals surface area contributed by atoms with E-state index in [0.29, 0.717) is 23.5 Å². The van der Waals surface area contributed by atoms with Gasteiger partial charge in [-0.1, -0.05) is 24.3 Å². The topological polar surface area (TPSA) is 68.5 Å². The van der Waals surface area contributed by atoms with Crippen LogP contribution in [0.2, 0.25) is 0 Å². The quantitative estimate of drug-likeness (QED) is 0.859. The Kier molecular flexibility index (Phi) is 4.89. The smallest absolute Gasteiger partial charge is 0.355 e. The van der Waals surface area contributed by atoms with E-state index in [-0.39, 0.29) is 12.2 Å². The summed E-state index contributed by atoms with van der Waals surface area (Å²) in [5.41, 5.74) is 3.60.